The van der Waals surface area contributed by atoms with E-state index >= 15 is 0 Å². The maximum atomic E-state index is 13.4. The van der Waals surface area contributed by atoms with E-state index in [1.807, 2.05) is 0 Å². The standard InChI is InChI=1S/C14H7F7/c15-11-6-2-5-10(12(11)14(19,20)21)8-3-1-4-9(7-8)13(16,17)18/h1-7H. The Balaban J connectivity index is 2.66. The minimum absolute atomic E-state index is 0.350. The summed E-state index contributed by atoms with van der Waals surface area (Å²) >= 11 is 0. The Morgan fingerprint density at radius 2 is 1.33 bits per heavy atom. The lowest BCUT2D eigenvalue weighted by Crippen LogP contribution is -2.11. The van der Waals surface area contributed by atoms with Crippen LogP contribution in [0.4, 0.5) is 30.7 Å². The topological polar surface area (TPSA) is 0 Å². The van der Waals surface area contributed by atoms with E-state index in [4.69, 9.17) is 0 Å². The van der Waals surface area contributed by atoms with Gasteiger partial charge < -0.3 is 0 Å². The molecule has 0 atom stereocenters. The summed E-state index contributed by atoms with van der Waals surface area (Å²) in [5.74, 6) is -1.53. The van der Waals surface area contributed by atoms with E-state index in [0.717, 1.165) is 30.3 Å². The highest BCUT2D eigenvalue weighted by atomic mass is 19.4. The van der Waals surface area contributed by atoms with Crippen LogP contribution in [0.25, 0.3) is 11.1 Å². The van der Waals surface area contributed by atoms with Crippen LogP contribution >= 0.6 is 0 Å². The second kappa shape index (κ2) is 5.05. The molecule has 0 N–H and O–H groups in total. The smallest absolute Gasteiger partial charge is 0.206 e. The van der Waals surface area contributed by atoms with Crippen molar-refractivity contribution in [2.45, 2.75) is 12.4 Å². The zero-order valence-corrected chi connectivity index (χ0v) is 10.2. The highest BCUT2D eigenvalue weighted by Gasteiger charge is 2.37. The molecule has 2 aromatic carbocycles. The van der Waals surface area contributed by atoms with Gasteiger partial charge in [-0.2, -0.15) is 26.3 Å². The summed E-state index contributed by atoms with van der Waals surface area (Å²) < 4.78 is 89.8. The van der Waals surface area contributed by atoms with Gasteiger partial charge in [0.25, 0.3) is 0 Å². The highest BCUT2D eigenvalue weighted by Crippen LogP contribution is 2.40. The van der Waals surface area contributed by atoms with Gasteiger partial charge in [-0.1, -0.05) is 24.3 Å². The van der Waals surface area contributed by atoms with Crippen LogP contribution in [0.2, 0.25) is 0 Å². The molecule has 0 aliphatic heterocycles. The molecule has 0 aromatic heterocycles. The molecule has 0 saturated carbocycles. The second-order valence-corrected chi connectivity index (χ2v) is 4.24. The van der Waals surface area contributed by atoms with Crippen LogP contribution in [0.1, 0.15) is 11.1 Å². The molecule has 7 heteroatoms. The Labute approximate surface area is 114 Å². The van der Waals surface area contributed by atoms with Gasteiger partial charge in [0, 0.05) is 0 Å². The number of halogens is 7. The molecule has 0 aliphatic rings. The summed E-state index contributed by atoms with van der Waals surface area (Å²) in [6.07, 6.45) is -9.70. The lowest BCUT2D eigenvalue weighted by molar-refractivity contribution is -0.139. The molecule has 0 nitrogen and oxygen atoms in total. The summed E-state index contributed by atoms with van der Waals surface area (Å²) in [6.45, 7) is 0. The van der Waals surface area contributed by atoms with Crippen molar-refractivity contribution >= 4 is 0 Å². The molecule has 0 unspecified atom stereocenters. The summed E-state index contributed by atoms with van der Waals surface area (Å²) in [7, 11) is 0. The molecule has 2 aromatic rings. The van der Waals surface area contributed by atoms with Crippen molar-refractivity contribution in [1.29, 1.82) is 0 Å². The van der Waals surface area contributed by atoms with E-state index in [1.54, 1.807) is 0 Å². The summed E-state index contributed by atoms with van der Waals surface area (Å²) in [6, 6.07) is 5.89. The molecule has 0 bridgehead atoms. The molecule has 0 fully saturated rings. The van der Waals surface area contributed by atoms with E-state index in [-0.39, 0.29) is 5.56 Å². The van der Waals surface area contributed by atoms with Crippen molar-refractivity contribution in [2.75, 3.05) is 0 Å². The molecule has 112 valence electrons. The molecule has 0 amide bonds. The largest absolute Gasteiger partial charge is 0.419 e. The Morgan fingerprint density at radius 3 is 1.90 bits per heavy atom. The first-order valence-corrected chi connectivity index (χ1v) is 5.64. The molecule has 2 rings (SSSR count). The van der Waals surface area contributed by atoms with Gasteiger partial charge in [-0.3, -0.25) is 0 Å². The lowest BCUT2D eigenvalue weighted by atomic mass is 9.97. The van der Waals surface area contributed by atoms with E-state index in [1.165, 1.54) is 0 Å². The molecule has 0 radical (unpaired) electrons. The van der Waals surface area contributed by atoms with Crippen LogP contribution in [0.5, 0.6) is 0 Å². The Morgan fingerprint density at radius 1 is 0.714 bits per heavy atom. The van der Waals surface area contributed by atoms with Gasteiger partial charge in [0.05, 0.1) is 11.1 Å². The fourth-order valence-corrected chi connectivity index (χ4v) is 1.92. The van der Waals surface area contributed by atoms with E-state index in [2.05, 4.69) is 0 Å². The average molecular weight is 308 g/mol. The quantitative estimate of drug-likeness (QED) is 0.608. The molecule has 0 heterocycles. The molecular formula is C14H7F7. The first-order valence-electron chi connectivity index (χ1n) is 5.64. The minimum Gasteiger partial charge on any atom is -0.206 e. The fourth-order valence-electron chi connectivity index (χ4n) is 1.92. The van der Waals surface area contributed by atoms with Crippen molar-refractivity contribution in [1.82, 2.24) is 0 Å². The van der Waals surface area contributed by atoms with Crippen LogP contribution in [0, 0.1) is 5.82 Å². The van der Waals surface area contributed by atoms with Gasteiger partial charge >= 0.3 is 12.4 Å². The number of rotatable bonds is 1. The highest BCUT2D eigenvalue weighted by molar-refractivity contribution is 5.69. The lowest BCUT2D eigenvalue weighted by Gasteiger charge is -2.15. The number of hydrogen-bond acceptors (Lipinski definition) is 0. The molecule has 0 spiro atoms. The Hall–Kier alpha value is -2.05. The summed E-state index contributed by atoms with van der Waals surface area (Å²) in [5.41, 5.74) is -3.66. The van der Waals surface area contributed by atoms with Gasteiger partial charge in [-0.05, 0) is 29.3 Å². The maximum absolute atomic E-state index is 13.4. The van der Waals surface area contributed by atoms with E-state index in [9.17, 15) is 30.7 Å². The van der Waals surface area contributed by atoms with Gasteiger partial charge in [0.1, 0.15) is 5.82 Å². The normalized spacial score (nSPS) is 12.5. The van der Waals surface area contributed by atoms with Crippen LogP contribution in [-0.4, -0.2) is 0 Å². The third-order valence-electron chi connectivity index (χ3n) is 2.80. The van der Waals surface area contributed by atoms with Crippen molar-refractivity contribution in [3.05, 3.63) is 59.4 Å². The minimum atomic E-state index is -5.01. The van der Waals surface area contributed by atoms with Crippen molar-refractivity contribution < 1.29 is 30.7 Å². The predicted molar refractivity (Wildman–Crippen MR) is 61.8 cm³/mol. The van der Waals surface area contributed by atoms with Crippen molar-refractivity contribution in [3.8, 4) is 11.1 Å². The number of benzene rings is 2. The SMILES string of the molecule is Fc1cccc(-c2cccc(C(F)(F)F)c2)c1C(F)(F)F. The monoisotopic (exact) mass is 308 g/mol. The zero-order chi connectivity index (χ0) is 15.8. The molecule has 0 aliphatic carbocycles. The summed E-state index contributed by atoms with van der Waals surface area (Å²) in [4.78, 5) is 0. The fraction of sp³-hybridized carbons (Fsp3) is 0.143. The predicted octanol–water partition coefficient (Wildman–Crippen LogP) is 5.53. The molecule has 0 saturated heterocycles. The molecular weight excluding hydrogens is 301 g/mol. The number of hydrogen-bond donors (Lipinski definition) is 0. The zero-order valence-electron chi connectivity index (χ0n) is 10.2. The second-order valence-electron chi connectivity index (χ2n) is 4.24. The van der Waals surface area contributed by atoms with Crippen LogP contribution in [0.15, 0.2) is 42.5 Å². The van der Waals surface area contributed by atoms with Crippen molar-refractivity contribution in [2.24, 2.45) is 0 Å². The van der Waals surface area contributed by atoms with E-state index < -0.39 is 34.9 Å². The van der Waals surface area contributed by atoms with Gasteiger partial charge in [0.15, 0.2) is 0 Å². The van der Waals surface area contributed by atoms with Crippen LogP contribution < -0.4 is 0 Å². The average Bonchev–Trinajstić information content (AvgIpc) is 2.36. The first-order chi connectivity index (χ1) is 9.60. The van der Waals surface area contributed by atoms with E-state index in [0.29, 0.717) is 12.1 Å². The summed E-state index contributed by atoms with van der Waals surface area (Å²) in [5, 5.41) is 0. The third-order valence-corrected chi connectivity index (χ3v) is 2.80. The van der Waals surface area contributed by atoms with Gasteiger partial charge in [-0.15, -0.1) is 0 Å². The third kappa shape index (κ3) is 3.17. The van der Waals surface area contributed by atoms with Gasteiger partial charge in [-0.25, -0.2) is 4.39 Å². The Bertz CT molecular complexity index is 653. The Kier molecular flexibility index (Phi) is 3.69. The van der Waals surface area contributed by atoms with Crippen molar-refractivity contribution in [3.63, 3.8) is 0 Å². The van der Waals surface area contributed by atoms with Gasteiger partial charge in [0.2, 0.25) is 0 Å². The molecule has 21 heavy (non-hydrogen) atoms. The number of alkyl halides is 6. The maximum Gasteiger partial charge on any atom is 0.419 e. The van der Waals surface area contributed by atoms with Crippen LogP contribution in [0.3, 0.4) is 0 Å². The van der Waals surface area contributed by atoms with Crippen LogP contribution in [-0.2, 0) is 12.4 Å². The first kappa shape index (κ1) is 15.3.